The van der Waals surface area contributed by atoms with Crippen LogP contribution in [-0.4, -0.2) is 33.9 Å². The van der Waals surface area contributed by atoms with Crippen molar-refractivity contribution in [2.24, 2.45) is 29.1 Å². The number of aliphatic carboxylic acids is 2. The summed E-state index contributed by atoms with van der Waals surface area (Å²) in [5, 5.41) is 28.3. The lowest BCUT2D eigenvalue weighted by Crippen LogP contribution is -2.43. The maximum Gasteiger partial charge on any atom is 0.331 e. The van der Waals surface area contributed by atoms with Crippen molar-refractivity contribution in [3.63, 3.8) is 0 Å². The molecule has 1 spiro atoms. The molecule has 3 N–H and O–H groups in total. The summed E-state index contributed by atoms with van der Waals surface area (Å²) in [4.78, 5) is 22.9. The SMILES string of the molecule is CC1CC2(CC=C1C(=O)O)C(C(=O)O)CCC2C(C)CO. The summed E-state index contributed by atoms with van der Waals surface area (Å²) in [6, 6.07) is 0. The third-order valence-electron chi connectivity index (χ3n) is 5.64. The zero-order valence-corrected chi connectivity index (χ0v) is 12.6. The molecule has 0 heterocycles. The Bertz CT molecular complexity index is 469. The van der Waals surface area contributed by atoms with Crippen LogP contribution in [0.15, 0.2) is 11.6 Å². The quantitative estimate of drug-likeness (QED) is 0.739. The summed E-state index contributed by atoms with van der Waals surface area (Å²) in [6.07, 6.45) is 4.20. The fourth-order valence-electron chi connectivity index (χ4n) is 4.68. The van der Waals surface area contributed by atoms with Crippen LogP contribution in [0.5, 0.6) is 0 Å². The van der Waals surface area contributed by atoms with Crippen LogP contribution in [-0.2, 0) is 9.59 Å². The maximum absolute atomic E-state index is 11.7. The lowest BCUT2D eigenvalue weighted by Gasteiger charge is -2.45. The molecule has 2 aliphatic rings. The number of rotatable bonds is 4. The summed E-state index contributed by atoms with van der Waals surface area (Å²) in [7, 11) is 0. The Labute approximate surface area is 124 Å². The second-order valence-electron chi connectivity index (χ2n) is 6.74. The molecule has 21 heavy (non-hydrogen) atoms. The summed E-state index contributed by atoms with van der Waals surface area (Å²) in [6.45, 7) is 3.86. The van der Waals surface area contributed by atoms with Crippen molar-refractivity contribution >= 4 is 11.9 Å². The van der Waals surface area contributed by atoms with Crippen molar-refractivity contribution < 1.29 is 24.9 Å². The third-order valence-corrected chi connectivity index (χ3v) is 5.64. The molecule has 1 fully saturated rings. The summed E-state index contributed by atoms with van der Waals surface area (Å²) in [5.41, 5.74) is -0.0149. The highest BCUT2D eigenvalue weighted by Gasteiger charge is 2.55. The van der Waals surface area contributed by atoms with Crippen molar-refractivity contribution in [3.8, 4) is 0 Å². The van der Waals surface area contributed by atoms with Gasteiger partial charge in [0.15, 0.2) is 0 Å². The largest absolute Gasteiger partial charge is 0.481 e. The topological polar surface area (TPSA) is 94.8 Å². The molecule has 5 atom stereocenters. The number of carboxylic acids is 2. The minimum absolute atomic E-state index is 0.0429. The van der Waals surface area contributed by atoms with Crippen LogP contribution in [0.1, 0.15) is 39.5 Å². The number of hydrogen-bond acceptors (Lipinski definition) is 3. The molecule has 0 aromatic heterocycles. The van der Waals surface area contributed by atoms with E-state index in [0.717, 1.165) is 6.42 Å². The van der Waals surface area contributed by atoms with Crippen LogP contribution < -0.4 is 0 Å². The van der Waals surface area contributed by atoms with Crippen molar-refractivity contribution in [2.45, 2.75) is 39.5 Å². The van der Waals surface area contributed by atoms with Gasteiger partial charge in [-0.25, -0.2) is 4.79 Å². The normalized spacial score (nSPS) is 37.3. The number of aliphatic hydroxyl groups excluding tert-OH is 1. The standard InChI is InChI=1S/C16H24O5/c1-9-7-16(6-5-11(9)14(18)19)12(10(2)8-17)3-4-13(16)15(20)21/h5,9-10,12-13,17H,3-4,6-8H2,1-2H3,(H,18,19)(H,20,21). The lowest BCUT2D eigenvalue weighted by atomic mass is 9.59. The van der Waals surface area contributed by atoms with Gasteiger partial charge < -0.3 is 15.3 Å². The first-order chi connectivity index (χ1) is 9.83. The Morgan fingerprint density at radius 3 is 2.52 bits per heavy atom. The van der Waals surface area contributed by atoms with E-state index in [9.17, 15) is 24.9 Å². The van der Waals surface area contributed by atoms with Crippen LogP contribution in [0.4, 0.5) is 0 Å². The van der Waals surface area contributed by atoms with Crippen molar-refractivity contribution in [1.82, 2.24) is 0 Å². The van der Waals surface area contributed by atoms with E-state index < -0.39 is 23.3 Å². The van der Waals surface area contributed by atoms with E-state index >= 15 is 0 Å². The molecule has 0 saturated heterocycles. The maximum atomic E-state index is 11.7. The van der Waals surface area contributed by atoms with Crippen LogP contribution in [0.3, 0.4) is 0 Å². The molecule has 5 unspecified atom stereocenters. The van der Waals surface area contributed by atoms with E-state index in [1.165, 1.54) is 0 Å². The van der Waals surface area contributed by atoms with E-state index in [0.29, 0.717) is 24.8 Å². The van der Waals surface area contributed by atoms with Gasteiger partial charge in [0.2, 0.25) is 0 Å². The Balaban J connectivity index is 2.39. The fourth-order valence-corrected chi connectivity index (χ4v) is 4.68. The van der Waals surface area contributed by atoms with Gasteiger partial charge in [-0.3, -0.25) is 4.79 Å². The van der Waals surface area contributed by atoms with Crippen LogP contribution in [0, 0.1) is 29.1 Å². The minimum Gasteiger partial charge on any atom is -0.481 e. The average Bonchev–Trinajstić information content (AvgIpc) is 2.76. The van der Waals surface area contributed by atoms with Gasteiger partial charge in [0.05, 0.1) is 5.92 Å². The van der Waals surface area contributed by atoms with E-state index in [1.807, 2.05) is 13.8 Å². The van der Waals surface area contributed by atoms with Crippen LogP contribution in [0.25, 0.3) is 0 Å². The monoisotopic (exact) mass is 296 g/mol. The first-order valence-corrected chi connectivity index (χ1v) is 7.60. The Kier molecular flexibility index (Phi) is 4.42. The van der Waals surface area contributed by atoms with Crippen LogP contribution in [0.2, 0.25) is 0 Å². The smallest absolute Gasteiger partial charge is 0.331 e. The first kappa shape index (κ1) is 16.0. The zero-order chi connectivity index (χ0) is 15.8. The van der Waals surface area contributed by atoms with Gasteiger partial charge in [0.1, 0.15) is 0 Å². The fraction of sp³-hybridized carbons (Fsp3) is 0.750. The molecule has 118 valence electrons. The molecule has 0 aliphatic heterocycles. The van der Waals surface area contributed by atoms with Gasteiger partial charge in [-0.15, -0.1) is 0 Å². The average molecular weight is 296 g/mol. The van der Waals surface area contributed by atoms with Gasteiger partial charge in [0, 0.05) is 12.2 Å². The molecule has 2 aliphatic carbocycles. The molecule has 1 saturated carbocycles. The molecule has 0 bridgehead atoms. The second kappa shape index (κ2) is 5.79. The zero-order valence-electron chi connectivity index (χ0n) is 12.6. The third kappa shape index (κ3) is 2.59. The Morgan fingerprint density at radius 2 is 2.05 bits per heavy atom. The highest BCUT2D eigenvalue weighted by molar-refractivity contribution is 5.87. The molecular weight excluding hydrogens is 272 g/mol. The van der Waals surface area contributed by atoms with Crippen molar-refractivity contribution in [2.75, 3.05) is 6.61 Å². The van der Waals surface area contributed by atoms with E-state index in [1.54, 1.807) is 6.08 Å². The van der Waals surface area contributed by atoms with Crippen LogP contribution >= 0.6 is 0 Å². The molecular formula is C16H24O5. The number of aliphatic hydroxyl groups is 1. The molecule has 0 amide bonds. The highest BCUT2D eigenvalue weighted by atomic mass is 16.4. The van der Waals surface area contributed by atoms with Crippen molar-refractivity contribution in [3.05, 3.63) is 11.6 Å². The number of carboxylic acid groups (broad SMARTS) is 2. The molecule has 5 nitrogen and oxygen atoms in total. The number of hydrogen-bond donors (Lipinski definition) is 3. The molecule has 0 radical (unpaired) electrons. The summed E-state index contributed by atoms with van der Waals surface area (Å²) < 4.78 is 0. The minimum atomic E-state index is -0.908. The number of carbonyl (C=O) groups is 2. The van der Waals surface area contributed by atoms with Gasteiger partial charge in [0.25, 0.3) is 0 Å². The van der Waals surface area contributed by atoms with E-state index in [-0.39, 0.29) is 24.4 Å². The second-order valence-corrected chi connectivity index (χ2v) is 6.74. The summed E-state index contributed by atoms with van der Waals surface area (Å²) >= 11 is 0. The first-order valence-electron chi connectivity index (χ1n) is 7.60. The van der Waals surface area contributed by atoms with Crippen molar-refractivity contribution in [1.29, 1.82) is 0 Å². The van der Waals surface area contributed by atoms with Gasteiger partial charge in [-0.2, -0.15) is 0 Å². The van der Waals surface area contributed by atoms with E-state index in [2.05, 4.69) is 0 Å². The number of allylic oxidation sites excluding steroid dienone is 1. The van der Waals surface area contributed by atoms with E-state index in [4.69, 9.17) is 0 Å². The molecule has 0 aromatic rings. The predicted octanol–water partition coefficient (Wildman–Crippen LogP) is 2.15. The van der Waals surface area contributed by atoms with Gasteiger partial charge in [-0.1, -0.05) is 19.9 Å². The Hall–Kier alpha value is -1.36. The lowest BCUT2D eigenvalue weighted by molar-refractivity contribution is -0.147. The Morgan fingerprint density at radius 1 is 1.38 bits per heavy atom. The predicted molar refractivity (Wildman–Crippen MR) is 76.6 cm³/mol. The van der Waals surface area contributed by atoms with Gasteiger partial charge >= 0.3 is 11.9 Å². The summed E-state index contributed by atoms with van der Waals surface area (Å²) in [5.74, 6) is -2.11. The van der Waals surface area contributed by atoms with Gasteiger partial charge in [-0.05, 0) is 48.9 Å². The molecule has 2 rings (SSSR count). The molecule has 0 aromatic carbocycles. The molecule has 5 heteroatoms. The highest BCUT2D eigenvalue weighted by Crippen LogP contribution is 2.59.